The second-order valence-corrected chi connectivity index (χ2v) is 5.68. The minimum atomic E-state index is -0.434. The normalized spacial score (nSPS) is 11.9. The SMILES string of the molecule is Cc1ccc2[nH]cc(NC(=O)NC(C)c3ccncc3)c(=O)c2c1. The van der Waals surface area contributed by atoms with Crippen molar-refractivity contribution in [2.24, 2.45) is 0 Å². The van der Waals surface area contributed by atoms with Gasteiger partial charge in [-0.25, -0.2) is 4.79 Å². The molecule has 1 aromatic carbocycles. The molecule has 2 aromatic heterocycles. The number of nitrogens with zero attached hydrogens (tertiary/aromatic N) is 1. The number of fused-ring (bicyclic) bond motifs is 1. The lowest BCUT2D eigenvalue weighted by Gasteiger charge is -2.14. The van der Waals surface area contributed by atoms with Crippen molar-refractivity contribution in [1.29, 1.82) is 0 Å². The van der Waals surface area contributed by atoms with Crippen LogP contribution in [0.1, 0.15) is 24.1 Å². The van der Waals surface area contributed by atoms with E-state index in [1.165, 1.54) is 6.20 Å². The van der Waals surface area contributed by atoms with Crippen molar-refractivity contribution < 1.29 is 4.79 Å². The molecular weight excluding hydrogens is 304 g/mol. The molecule has 0 aliphatic rings. The first-order valence-electron chi connectivity index (χ1n) is 7.64. The molecule has 0 fully saturated rings. The van der Waals surface area contributed by atoms with E-state index in [1.807, 2.05) is 38.1 Å². The molecule has 0 saturated carbocycles. The molecule has 0 aliphatic carbocycles. The number of anilines is 1. The Morgan fingerprint density at radius 1 is 1.21 bits per heavy atom. The zero-order valence-corrected chi connectivity index (χ0v) is 13.5. The molecular formula is C18H18N4O2. The van der Waals surface area contributed by atoms with E-state index in [1.54, 1.807) is 18.5 Å². The van der Waals surface area contributed by atoms with Crippen molar-refractivity contribution >= 4 is 22.6 Å². The summed E-state index contributed by atoms with van der Waals surface area (Å²) in [6.45, 7) is 3.78. The van der Waals surface area contributed by atoms with Gasteiger partial charge in [-0.2, -0.15) is 0 Å². The molecule has 3 aromatic rings. The second-order valence-electron chi connectivity index (χ2n) is 5.68. The highest BCUT2D eigenvalue weighted by molar-refractivity contribution is 5.92. The summed E-state index contributed by atoms with van der Waals surface area (Å²) < 4.78 is 0. The zero-order valence-electron chi connectivity index (χ0n) is 13.5. The van der Waals surface area contributed by atoms with Gasteiger partial charge in [-0.15, -0.1) is 0 Å². The van der Waals surface area contributed by atoms with Crippen molar-refractivity contribution in [3.8, 4) is 0 Å². The van der Waals surface area contributed by atoms with Crippen molar-refractivity contribution in [3.63, 3.8) is 0 Å². The van der Waals surface area contributed by atoms with Gasteiger partial charge in [0.2, 0.25) is 5.43 Å². The molecule has 6 heteroatoms. The molecule has 0 saturated heterocycles. The molecule has 2 amide bonds. The summed E-state index contributed by atoms with van der Waals surface area (Å²) in [5.74, 6) is 0. The molecule has 0 radical (unpaired) electrons. The minimum Gasteiger partial charge on any atom is -0.359 e. The molecule has 3 rings (SSSR count). The van der Waals surface area contributed by atoms with Gasteiger partial charge in [-0.3, -0.25) is 9.78 Å². The van der Waals surface area contributed by atoms with E-state index in [-0.39, 0.29) is 17.2 Å². The number of rotatable bonds is 3. The van der Waals surface area contributed by atoms with Gasteiger partial charge in [0.25, 0.3) is 0 Å². The van der Waals surface area contributed by atoms with Gasteiger partial charge in [-0.05, 0) is 43.7 Å². The van der Waals surface area contributed by atoms with Crippen molar-refractivity contribution in [3.05, 3.63) is 70.3 Å². The van der Waals surface area contributed by atoms with Gasteiger partial charge in [0, 0.05) is 29.5 Å². The van der Waals surface area contributed by atoms with Crippen LogP contribution in [-0.2, 0) is 0 Å². The minimum absolute atomic E-state index is 0.199. The third kappa shape index (κ3) is 3.27. The number of pyridine rings is 2. The van der Waals surface area contributed by atoms with Crippen molar-refractivity contribution in [1.82, 2.24) is 15.3 Å². The molecule has 0 aliphatic heterocycles. The van der Waals surface area contributed by atoms with Crippen LogP contribution < -0.4 is 16.1 Å². The van der Waals surface area contributed by atoms with Gasteiger partial charge in [-0.1, -0.05) is 11.6 Å². The second kappa shape index (κ2) is 6.54. The number of benzene rings is 1. The van der Waals surface area contributed by atoms with Crippen LogP contribution >= 0.6 is 0 Å². The van der Waals surface area contributed by atoms with Crippen LogP contribution in [0.25, 0.3) is 10.9 Å². The fourth-order valence-corrected chi connectivity index (χ4v) is 2.52. The Bertz CT molecular complexity index is 935. The van der Waals surface area contributed by atoms with Crippen LogP contribution in [0, 0.1) is 6.92 Å². The van der Waals surface area contributed by atoms with E-state index in [2.05, 4.69) is 20.6 Å². The Balaban J connectivity index is 1.78. The number of aromatic amines is 1. The number of amides is 2. The third-order valence-corrected chi connectivity index (χ3v) is 3.84. The number of carbonyl (C=O) groups is 1. The maximum atomic E-state index is 12.5. The summed E-state index contributed by atoms with van der Waals surface area (Å²) in [4.78, 5) is 31.6. The molecule has 0 spiro atoms. The lowest BCUT2D eigenvalue weighted by Crippen LogP contribution is -2.32. The summed E-state index contributed by atoms with van der Waals surface area (Å²) in [5.41, 5.74) is 2.66. The fraction of sp³-hybridized carbons (Fsp3) is 0.167. The Morgan fingerprint density at radius 2 is 1.96 bits per heavy atom. The molecule has 2 heterocycles. The standard InChI is InChI=1S/C18H18N4O2/c1-11-3-4-15-14(9-11)17(23)16(10-20-15)22-18(24)21-12(2)13-5-7-19-8-6-13/h3-10,12H,1-2H3,(H,20,23)(H2,21,22,24). The van der Waals surface area contributed by atoms with Crippen molar-refractivity contribution in [2.45, 2.75) is 19.9 Å². The molecule has 0 bridgehead atoms. The Labute approximate surface area is 138 Å². The number of urea groups is 1. The van der Waals surface area contributed by atoms with Crippen LogP contribution in [0.3, 0.4) is 0 Å². The van der Waals surface area contributed by atoms with Crippen LogP contribution in [0.15, 0.2) is 53.7 Å². The predicted molar refractivity (Wildman–Crippen MR) is 94.1 cm³/mol. The fourth-order valence-electron chi connectivity index (χ4n) is 2.52. The number of hydrogen-bond donors (Lipinski definition) is 3. The number of aromatic nitrogens is 2. The number of hydrogen-bond acceptors (Lipinski definition) is 3. The van der Waals surface area contributed by atoms with E-state index in [0.717, 1.165) is 16.6 Å². The molecule has 3 N–H and O–H groups in total. The van der Waals surface area contributed by atoms with Gasteiger partial charge < -0.3 is 15.6 Å². The number of aryl methyl sites for hydroxylation is 1. The number of nitrogens with one attached hydrogen (secondary N) is 3. The van der Waals surface area contributed by atoms with Crippen LogP contribution in [-0.4, -0.2) is 16.0 Å². The Kier molecular flexibility index (Phi) is 4.29. The zero-order chi connectivity index (χ0) is 17.1. The average Bonchev–Trinajstić information content (AvgIpc) is 2.58. The lowest BCUT2D eigenvalue weighted by atomic mass is 10.1. The highest BCUT2D eigenvalue weighted by Gasteiger charge is 2.12. The molecule has 122 valence electrons. The van der Waals surface area contributed by atoms with Gasteiger partial charge in [0.05, 0.1) is 6.04 Å². The largest absolute Gasteiger partial charge is 0.359 e. The third-order valence-electron chi connectivity index (χ3n) is 3.84. The summed E-state index contributed by atoms with van der Waals surface area (Å²) in [6.07, 6.45) is 4.85. The molecule has 24 heavy (non-hydrogen) atoms. The van der Waals surface area contributed by atoms with Crippen LogP contribution in [0.2, 0.25) is 0 Å². The predicted octanol–water partition coefficient (Wildman–Crippen LogP) is 3.11. The topological polar surface area (TPSA) is 86.9 Å². The maximum absolute atomic E-state index is 12.5. The first-order valence-corrected chi connectivity index (χ1v) is 7.64. The first-order chi connectivity index (χ1) is 11.5. The van der Waals surface area contributed by atoms with Crippen LogP contribution in [0.5, 0.6) is 0 Å². The quantitative estimate of drug-likeness (QED) is 0.692. The van der Waals surface area contributed by atoms with Gasteiger partial charge in [0.15, 0.2) is 0 Å². The highest BCUT2D eigenvalue weighted by atomic mass is 16.2. The van der Waals surface area contributed by atoms with E-state index in [9.17, 15) is 9.59 Å². The summed E-state index contributed by atoms with van der Waals surface area (Å²) in [5, 5.41) is 5.96. The summed E-state index contributed by atoms with van der Waals surface area (Å²) >= 11 is 0. The van der Waals surface area contributed by atoms with E-state index in [0.29, 0.717) is 5.39 Å². The summed E-state index contributed by atoms with van der Waals surface area (Å²) in [7, 11) is 0. The maximum Gasteiger partial charge on any atom is 0.319 e. The number of carbonyl (C=O) groups excluding carboxylic acids is 1. The summed E-state index contributed by atoms with van der Waals surface area (Å²) in [6, 6.07) is 8.60. The first kappa shape index (κ1) is 15.7. The number of H-pyrrole nitrogens is 1. The van der Waals surface area contributed by atoms with E-state index >= 15 is 0 Å². The molecule has 1 unspecified atom stereocenters. The van der Waals surface area contributed by atoms with Crippen LogP contribution in [0.4, 0.5) is 10.5 Å². The lowest BCUT2D eigenvalue weighted by molar-refractivity contribution is 0.249. The molecule has 1 atom stereocenters. The van der Waals surface area contributed by atoms with E-state index in [4.69, 9.17) is 0 Å². The van der Waals surface area contributed by atoms with Gasteiger partial charge in [0.1, 0.15) is 5.69 Å². The monoisotopic (exact) mass is 322 g/mol. The van der Waals surface area contributed by atoms with Gasteiger partial charge >= 0.3 is 6.03 Å². The Morgan fingerprint density at radius 3 is 2.71 bits per heavy atom. The van der Waals surface area contributed by atoms with Crippen molar-refractivity contribution in [2.75, 3.05) is 5.32 Å². The molecule has 6 nitrogen and oxygen atoms in total. The highest BCUT2D eigenvalue weighted by Crippen LogP contribution is 2.13. The van der Waals surface area contributed by atoms with E-state index < -0.39 is 6.03 Å². The smallest absolute Gasteiger partial charge is 0.319 e. The average molecular weight is 322 g/mol. The Hall–Kier alpha value is -3.15.